The number of hydrogen-bond acceptors (Lipinski definition) is 2. The van der Waals surface area contributed by atoms with Gasteiger partial charge in [0.25, 0.3) is 0 Å². The third kappa shape index (κ3) is 2.67. The Morgan fingerprint density at radius 2 is 1.82 bits per heavy atom. The first-order valence-corrected chi connectivity index (χ1v) is 5.75. The number of benzene rings is 1. The fourth-order valence-electron chi connectivity index (χ4n) is 1.77. The molecule has 17 heavy (non-hydrogen) atoms. The molecule has 0 aliphatic carbocycles. The van der Waals surface area contributed by atoms with Crippen LogP contribution in [-0.4, -0.2) is 16.6 Å². The fraction of sp³-hybridized carbons (Fsp3) is 0.500. The first-order valence-electron chi connectivity index (χ1n) is 5.75. The summed E-state index contributed by atoms with van der Waals surface area (Å²) < 4.78 is 0. The van der Waals surface area contributed by atoms with Gasteiger partial charge in [0.2, 0.25) is 0 Å². The Morgan fingerprint density at radius 1 is 1.29 bits per heavy atom. The maximum Gasteiger partial charge on any atom is 0.324 e. The molecule has 0 spiro atoms. The molecule has 0 bridgehead atoms. The van der Waals surface area contributed by atoms with E-state index in [1.54, 1.807) is 0 Å². The van der Waals surface area contributed by atoms with Gasteiger partial charge in [-0.1, -0.05) is 45.0 Å². The first-order chi connectivity index (χ1) is 7.68. The van der Waals surface area contributed by atoms with E-state index in [1.165, 1.54) is 0 Å². The highest BCUT2D eigenvalue weighted by molar-refractivity contribution is 5.80. The average Bonchev–Trinajstić information content (AvgIpc) is 2.19. The number of hydrogen-bond donors (Lipinski definition) is 2. The van der Waals surface area contributed by atoms with Crippen LogP contribution in [0, 0.1) is 12.3 Å². The lowest BCUT2D eigenvalue weighted by Crippen LogP contribution is -2.59. The molecule has 3 nitrogen and oxygen atoms in total. The summed E-state index contributed by atoms with van der Waals surface area (Å²) in [6, 6.07) is 7.76. The van der Waals surface area contributed by atoms with Crippen LogP contribution < -0.4 is 5.73 Å². The Bertz CT molecular complexity index is 420. The van der Waals surface area contributed by atoms with Crippen LogP contribution in [0.5, 0.6) is 0 Å². The Balaban J connectivity index is 3.13. The maximum absolute atomic E-state index is 11.5. The Morgan fingerprint density at radius 3 is 2.24 bits per heavy atom. The summed E-state index contributed by atoms with van der Waals surface area (Å²) in [5, 5.41) is 9.40. The van der Waals surface area contributed by atoms with Crippen molar-refractivity contribution < 1.29 is 9.90 Å². The van der Waals surface area contributed by atoms with Gasteiger partial charge in [-0.25, -0.2) is 0 Å². The van der Waals surface area contributed by atoms with E-state index in [0.29, 0.717) is 6.42 Å². The summed E-state index contributed by atoms with van der Waals surface area (Å²) in [5.41, 5.74) is 6.44. The monoisotopic (exact) mass is 235 g/mol. The molecule has 0 saturated heterocycles. The van der Waals surface area contributed by atoms with Gasteiger partial charge in [0.1, 0.15) is 5.54 Å². The third-order valence-corrected chi connectivity index (χ3v) is 3.45. The normalized spacial score (nSPS) is 15.4. The third-order valence-electron chi connectivity index (χ3n) is 3.45. The lowest BCUT2D eigenvalue weighted by Gasteiger charge is -2.38. The zero-order valence-corrected chi connectivity index (χ0v) is 10.9. The van der Waals surface area contributed by atoms with Crippen LogP contribution >= 0.6 is 0 Å². The summed E-state index contributed by atoms with van der Waals surface area (Å²) in [5.74, 6) is -0.951. The van der Waals surface area contributed by atoms with Crippen molar-refractivity contribution in [1.82, 2.24) is 0 Å². The molecule has 0 amide bonds. The van der Waals surface area contributed by atoms with Crippen LogP contribution in [0.2, 0.25) is 0 Å². The first kappa shape index (κ1) is 13.7. The highest BCUT2D eigenvalue weighted by atomic mass is 16.4. The zero-order chi connectivity index (χ0) is 13.3. The molecule has 0 aromatic heterocycles. The van der Waals surface area contributed by atoms with E-state index in [0.717, 1.165) is 11.1 Å². The van der Waals surface area contributed by atoms with E-state index < -0.39 is 16.9 Å². The summed E-state index contributed by atoms with van der Waals surface area (Å²) >= 11 is 0. The number of carbonyl (C=O) groups is 1. The number of carboxylic acids is 1. The van der Waals surface area contributed by atoms with Gasteiger partial charge in [0, 0.05) is 6.42 Å². The summed E-state index contributed by atoms with van der Waals surface area (Å²) in [7, 11) is 0. The number of nitrogens with two attached hydrogens (primary N) is 1. The van der Waals surface area contributed by atoms with Crippen molar-refractivity contribution in [1.29, 1.82) is 0 Å². The smallest absolute Gasteiger partial charge is 0.324 e. The van der Waals surface area contributed by atoms with Crippen molar-refractivity contribution >= 4 is 5.97 Å². The lowest BCUT2D eigenvalue weighted by molar-refractivity contribution is -0.147. The number of rotatable bonds is 3. The van der Waals surface area contributed by atoms with Gasteiger partial charge in [0.05, 0.1) is 0 Å². The zero-order valence-electron chi connectivity index (χ0n) is 10.9. The predicted molar refractivity (Wildman–Crippen MR) is 68.9 cm³/mol. The van der Waals surface area contributed by atoms with Crippen LogP contribution in [0.25, 0.3) is 0 Å². The molecular formula is C14H21NO2. The highest BCUT2D eigenvalue weighted by Crippen LogP contribution is 2.32. The summed E-state index contributed by atoms with van der Waals surface area (Å²) in [4.78, 5) is 11.5. The Kier molecular flexibility index (Phi) is 3.62. The second-order valence-corrected chi connectivity index (χ2v) is 5.63. The van der Waals surface area contributed by atoms with Crippen LogP contribution in [0.15, 0.2) is 24.3 Å². The Labute approximate surface area is 103 Å². The topological polar surface area (TPSA) is 63.3 Å². The molecule has 0 unspecified atom stereocenters. The molecule has 3 N–H and O–H groups in total. The molecule has 3 heteroatoms. The molecule has 0 fully saturated rings. The second kappa shape index (κ2) is 4.49. The maximum atomic E-state index is 11.5. The molecule has 1 aromatic carbocycles. The van der Waals surface area contributed by atoms with Gasteiger partial charge < -0.3 is 10.8 Å². The molecule has 0 aliphatic heterocycles. The van der Waals surface area contributed by atoms with E-state index >= 15 is 0 Å². The van der Waals surface area contributed by atoms with Crippen LogP contribution in [0.4, 0.5) is 0 Å². The molecule has 0 aliphatic rings. The molecule has 1 aromatic rings. The van der Waals surface area contributed by atoms with Gasteiger partial charge >= 0.3 is 5.97 Å². The van der Waals surface area contributed by atoms with Crippen LogP contribution in [-0.2, 0) is 11.2 Å². The summed E-state index contributed by atoms with van der Waals surface area (Å²) in [6.45, 7) is 7.55. The van der Waals surface area contributed by atoms with Gasteiger partial charge in [-0.3, -0.25) is 4.79 Å². The quantitative estimate of drug-likeness (QED) is 0.845. The van der Waals surface area contributed by atoms with Crippen molar-refractivity contribution in [3.05, 3.63) is 35.4 Å². The van der Waals surface area contributed by atoms with E-state index in [1.807, 2.05) is 52.0 Å². The molecule has 0 radical (unpaired) electrons. The van der Waals surface area contributed by atoms with Gasteiger partial charge in [-0.05, 0) is 23.5 Å². The minimum Gasteiger partial charge on any atom is -0.480 e. The van der Waals surface area contributed by atoms with Crippen LogP contribution in [0.3, 0.4) is 0 Å². The molecular weight excluding hydrogens is 214 g/mol. The molecule has 1 atom stereocenters. The molecule has 94 valence electrons. The van der Waals surface area contributed by atoms with Gasteiger partial charge in [-0.15, -0.1) is 0 Å². The van der Waals surface area contributed by atoms with E-state index in [-0.39, 0.29) is 0 Å². The molecule has 1 rings (SSSR count). The van der Waals surface area contributed by atoms with Crippen molar-refractivity contribution in [3.8, 4) is 0 Å². The fourth-order valence-corrected chi connectivity index (χ4v) is 1.77. The lowest BCUT2D eigenvalue weighted by atomic mass is 9.70. The molecule has 0 heterocycles. The van der Waals surface area contributed by atoms with Gasteiger partial charge in [-0.2, -0.15) is 0 Å². The molecule has 0 saturated carbocycles. The van der Waals surface area contributed by atoms with E-state index in [4.69, 9.17) is 5.73 Å². The number of carboxylic acid groups (broad SMARTS) is 1. The Hall–Kier alpha value is -1.35. The van der Waals surface area contributed by atoms with E-state index in [2.05, 4.69) is 0 Å². The number of aliphatic carboxylic acids is 1. The van der Waals surface area contributed by atoms with Crippen LogP contribution in [0.1, 0.15) is 31.9 Å². The summed E-state index contributed by atoms with van der Waals surface area (Å²) in [6.07, 6.45) is 0.346. The van der Waals surface area contributed by atoms with Crippen molar-refractivity contribution in [2.45, 2.75) is 39.7 Å². The van der Waals surface area contributed by atoms with Crippen molar-refractivity contribution in [2.24, 2.45) is 11.1 Å². The van der Waals surface area contributed by atoms with Gasteiger partial charge in [0.15, 0.2) is 0 Å². The van der Waals surface area contributed by atoms with E-state index in [9.17, 15) is 9.90 Å². The SMILES string of the molecule is Cc1ccccc1C[C@@](N)(C(=O)O)C(C)(C)C. The number of aryl methyl sites for hydroxylation is 1. The highest BCUT2D eigenvalue weighted by Gasteiger charge is 2.45. The average molecular weight is 235 g/mol. The van der Waals surface area contributed by atoms with Crippen molar-refractivity contribution in [3.63, 3.8) is 0 Å². The minimum atomic E-state index is -1.25. The largest absolute Gasteiger partial charge is 0.480 e. The second-order valence-electron chi connectivity index (χ2n) is 5.63. The predicted octanol–water partition coefficient (Wildman–Crippen LogP) is 2.37. The van der Waals surface area contributed by atoms with Crippen molar-refractivity contribution in [2.75, 3.05) is 0 Å². The minimum absolute atomic E-state index is 0.346. The standard InChI is InChI=1S/C14H21NO2/c1-10-7-5-6-8-11(10)9-14(15,12(16)17)13(2,3)4/h5-8H,9,15H2,1-4H3,(H,16,17)/t14-/m1/s1.